The summed E-state index contributed by atoms with van der Waals surface area (Å²) in [4.78, 5) is 134. The number of unbranched alkanes of at least 4 members (excludes halogenated alkanes) is 24. The van der Waals surface area contributed by atoms with Crippen molar-refractivity contribution in [3.63, 3.8) is 0 Å². The number of nitrogens with one attached hydrogen (secondary N) is 5. The van der Waals surface area contributed by atoms with E-state index in [0.29, 0.717) is 18.4 Å². The Balaban J connectivity index is 1.32. The van der Waals surface area contributed by atoms with Gasteiger partial charge < -0.3 is 56.7 Å². The molecule has 1 fully saturated rings. The normalized spacial score (nSPS) is 14.9. The van der Waals surface area contributed by atoms with Crippen molar-refractivity contribution >= 4 is 71.9 Å². The monoisotopic (exact) mass is 1470 g/mol. The number of esters is 2. The number of rotatable bonds is 57. The number of carbonyl (C=O) groups excluding carboxylic acids is 9. The number of phosphoric ester groups is 1. The Hall–Kier alpha value is -6.78. The van der Waals surface area contributed by atoms with E-state index in [0.717, 1.165) is 61.3 Å². The molecule has 24 heteroatoms. The SMILES string of the molecule is CCCCCCCCCCCCCCCC(=O)OCC(COP(=O)(O)OCCNC(=O)CCC(=O)N[C@@H](Cc1ccccc1)C(=O)N[C@H](Cc1ccc2ccccc2c1)C(=O)N1CCC(C(=O)N[C@@](O)(CC(C)C)C(=O)N[C@H](C(N)=O)C(C)C)CC1)OC(=O)CCCCCCCCCCCCCCC. The van der Waals surface area contributed by atoms with Crippen LogP contribution in [0.2, 0.25) is 0 Å². The van der Waals surface area contributed by atoms with Crippen LogP contribution >= 0.6 is 7.82 Å². The lowest BCUT2D eigenvalue weighted by Crippen LogP contribution is -2.64. The van der Waals surface area contributed by atoms with E-state index in [-0.39, 0.29) is 89.9 Å². The molecule has 0 spiro atoms. The van der Waals surface area contributed by atoms with Gasteiger partial charge in [-0.25, -0.2) is 4.57 Å². The fourth-order valence-electron chi connectivity index (χ4n) is 13.0. The smallest absolute Gasteiger partial charge is 0.462 e. The minimum absolute atomic E-state index is 0.0117. The molecule has 23 nitrogen and oxygen atoms in total. The van der Waals surface area contributed by atoms with Crippen LogP contribution < -0.4 is 32.3 Å². The number of hydrogen-bond acceptors (Lipinski definition) is 15. The van der Waals surface area contributed by atoms with Crippen molar-refractivity contribution in [2.75, 3.05) is 39.5 Å². The highest BCUT2D eigenvalue weighted by Crippen LogP contribution is 2.43. The van der Waals surface area contributed by atoms with E-state index in [9.17, 15) is 57.7 Å². The van der Waals surface area contributed by atoms with Gasteiger partial charge in [-0.3, -0.25) is 52.2 Å². The van der Waals surface area contributed by atoms with Crippen LogP contribution in [-0.2, 0) is 79.1 Å². The molecule has 6 atom stereocenters. The zero-order chi connectivity index (χ0) is 76.0. The van der Waals surface area contributed by atoms with E-state index in [1.807, 2.05) is 42.5 Å². The molecule has 584 valence electrons. The van der Waals surface area contributed by atoms with Gasteiger partial charge in [0.05, 0.1) is 13.2 Å². The summed E-state index contributed by atoms with van der Waals surface area (Å²) in [5, 5.41) is 26.8. The summed E-state index contributed by atoms with van der Waals surface area (Å²) in [5.41, 5.74) is 4.59. The Labute approximate surface area is 619 Å². The third kappa shape index (κ3) is 38.0. The number of phosphoric acid groups is 1. The van der Waals surface area contributed by atoms with E-state index in [1.165, 1.54) is 109 Å². The summed E-state index contributed by atoms with van der Waals surface area (Å²) in [6.07, 6.45) is 28.5. The predicted molar refractivity (Wildman–Crippen MR) is 405 cm³/mol. The third-order valence-corrected chi connectivity index (χ3v) is 20.0. The summed E-state index contributed by atoms with van der Waals surface area (Å²) in [7, 11) is -4.81. The lowest BCUT2D eigenvalue weighted by molar-refractivity contribution is -0.161. The molecule has 104 heavy (non-hydrogen) atoms. The van der Waals surface area contributed by atoms with E-state index in [2.05, 4.69) is 40.4 Å². The van der Waals surface area contributed by atoms with Gasteiger partial charge in [0.25, 0.3) is 5.91 Å². The molecule has 0 aromatic heterocycles. The molecule has 3 aromatic rings. The standard InChI is InChI=1S/C80H128N7O16P/c1-7-9-11-13-15-17-19-21-23-25-27-29-34-42-72(90)100-58-67(103-73(91)43-35-30-28-26-24-22-20-18-16-14-12-10-8-2)59-102-104(98,99)101-53-50-82-70(88)46-47-71(89)83-68(55-62-38-32-31-33-39-62)77(94)84-69(56-63-44-45-64-40-36-37-41-66(64)54-63)78(95)87-51-48-65(49-52-87)76(93)86-80(97,57-60(3)4)79(96)85-74(61(5)6)75(81)92/h31-33,36-41,44-45,54,60-61,65,67-69,74,97H,7-30,34-35,42-43,46-53,55-59H2,1-6H3,(H2,81,92)(H,82,88)(H,83,89)(H,84,94)(H,85,96)(H,86,93)(H,98,99)/t67?,68-,69+,74-,80+/m0/s1. The average Bonchev–Trinajstić information content (AvgIpc) is 0.824. The predicted octanol–water partition coefficient (Wildman–Crippen LogP) is 12.8. The van der Waals surface area contributed by atoms with Crippen LogP contribution in [0.3, 0.4) is 0 Å². The van der Waals surface area contributed by atoms with Crippen molar-refractivity contribution in [2.45, 2.75) is 296 Å². The van der Waals surface area contributed by atoms with Gasteiger partial charge >= 0.3 is 19.8 Å². The summed E-state index contributed by atoms with van der Waals surface area (Å²) in [5.74, 6) is -7.20. The van der Waals surface area contributed by atoms with Crippen molar-refractivity contribution in [3.05, 3.63) is 83.9 Å². The van der Waals surface area contributed by atoms with Gasteiger partial charge in [0.1, 0.15) is 24.7 Å². The minimum atomic E-state index is -4.81. The average molecular weight is 1470 g/mol. The van der Waals surface area contributed by atoms with Crippen LogP contribution in [0.25, 0.3) is 10.8 Å². The van der Waals surface area contributed by atoms with Crippen LogP contribution in [0.15, 0.2) is 72.8 Å². The van der Waals surface area contributed by atoms with E-state index in [1.54, 1.807) is 62.9 Å². The van der Waals surface area contributed by atoms with Crippen LogP contribution in [0.4, 0.5) is 0 Å². The number of benzene rings is 3. The molecule has 4 rings (SSSR count). The molecule has 7 amide bonds. The molecule has 1 saturated heterocycles. The second-order valence-corrected chi connectivity index (χ2v) is 30.6. The van der Waals surface area contributed by atoms with E-state index in [4.69, 9.17) is 24.3 Å². The van der Waals surface area contributed by atoms with E-state index < -0.39 is 116 Å². The Kier molecular flexibility index (Phi) is 44.3. The maximum Gasteiger partial charge on any atom is 0.472 e. The Bertz CT molecular complexity index is 3070. The first-order valence-electron chi connectivity index (χ1n) is 39.2. The first-order valence-corrected chi connectivity index (χ1v) is 40.7. The summed E-state index contributed by atoms with van der Waals surface area (Å²) < 4.78 is 34.7. The van der Waals surface area contributed by atoms with Crippen LogP contribution in [-0.4, -0.2) is 138 Å². The van der Waals surface area contributed by atoms with Crippen LogP contribution in [0.1, 0.15) is 265 Å². The topological polar surface area (TPSA) is 337 Å². The number of piperidine rings is 1. The fraction of sp³-hybridized carbons (Fsp3) is 0.688. The lowest BCUT2D eigenvalue weighted by Gasteiger charge is -2.36. The van der Waals surface area contributed by atoms with E-state index >= 15 is 0 Å². The third-order valence-electron chi connectivity index (χ3n) is 19.0. The van der Waals surface area contributed by atoms with Gasteiger partial charge in [-0.1, -0.05) is 268 Å². The van der Waals surface area contributed by atoms with Crippen molar-refractivity contribution in [3.8, 4) is 0 Å². The molecule has 0 bridgehead atoms. The molecular formula is C80H128N7O16P. The highest BCUT2D eigenvalue weighted by molar-refractivity contribution is 7.47. The van der Waals surface area contributed by atoms with Crippen LogP contribution in [0.5, 0.6) is 0 Å². The van der Waals surface area contributed by atoms with Crippen molar-refractivity contribution in [2.24, 2.45) is 23.5 Å². The molecule has 0 radical (unpaired) electrons. The molecule has 3 aromatic carbocycles. The number of carbonyl (C=O) groups is 9. The first kappa shape index (κ1) is 89.6. The maximum atomic E-state index is 14.8. The second kappa shape index (κ2) is 51.4. The van der Waals surface area contributed by atoms with Crippen molar-refractivity contribution in [1.29, 1.82) is 0 Å². The lowest BCUT2D eigenvalue weighted by atomic mass is 9.92. The Morgan fingerprint density at radius 3 is 1.62 bits per heavy atom. The Morgan fingerprint density at radius 2 is 1.09 bits per heavy atom. The van der Waals surface area contributed by atoms with Gasteiger partial charge in [-0.2, -0.15) is 0 Å². The molecule has 2 unspecified atom stereocenters. The molecular weight excluding hydrogens is 1350 g/mol. The molecule has 9 N–H and O–H groups in total. The molecule has 1 aliphatic heterocycles. The number of nitrogens with zero attached hydrogens (tertiary/aromatic N) is 1. The summed E-state index contributed by atoms with van der Waals surface area (Å²) in [6, 6.07) is 18.8. The second-order valence-electron chi connectivity index (χ2n) is 29.1. The number of nitrogens with two attached hydrogens (primary N) is 1. The number of amides is 7. The highest BCUT2D eigenvalue weighted by Gasteiger charge is 2.43. The summed E-state index contributed by atoms with van der Waals surface area (Å²) >= 11 is 0. The highest BCUT2D eigenvalue weighted by atomic mass is 31.2. The molecule has 0 saturated carbocycles. The first-order chi connectivity index (χ1) is 49.9. The minimum Gasteiger partial charge on any atom is -0.462 e. The van der Waals surface area contributed by atoms with Gasteiger partial charge in [-0.05, 0) is 59.4 Å². The summed E-state index contributed by atoms with van der Waals surface area (Å²) in [6.45, 7) is 9.75. The number of likely N-dealkylation sites (tertiary alicyclic amines) is 1. The number of hydrogen-bond donors (Lipinski definition) is 8. The number of aliphatic hydroxyl groups is 1. The quantitative estimate of drug-likeness (QED) is 0.0113. The molecule has 1 heterocycles. The van der Waals surface area contributed by atoms with Crippen LogP contribution in [0, 0.1) is 17.8 Å². The largest absolute Gasteiger partial charge is 0.472 e. The van der Waals surface area contributed by atoms with Crippen molar-refractivity contribution in [1.82, 2.24) is 31.5 Å². The molecule has 1 aliphatic rings. The van der Waals surface area contributed by atoms with Crippen molar-refractivity contribution < 1.29 is 76.2 Å². The zero-order valence-electron chi connectivity index (χ0n) is 63.5. The zero-order valence-corrected chi connectivity index (χ0v) is 64.4. The van der Waals surface area contributed by atoms with Gasteiger partial charge in [-0.15, -0.1) is 0 Å². The maximum absolute atomic E-state index is 14.8. The molecule has 0 aliphatic carbocycles. The number of primary amides is 1. The number of ether oxygens (including phenoxy) is 2. The number of fused-ring (bicyclic) bond motifs is 1. The fourth-order valence-corrected chi connectivity index (χ4v) is 13.7. The Morgan fingerprint density at radius 1 is 0.577 bits per heavy atom. The van der Waals surface area contributed by atoms with Gasteiger partial charge in [0, 0.05) is 70.5 Å². The van der Waals surface area contributed by atoms with Gasteiger partial charge in [0.15, 0.2) is 6.10 Å². The van der Waals surface area contributed by atoms with Gasteiger partial charge in [0.2, 0.25) is 41.2 Å².